The summed E-state index contributed by atoms with van der Waals surface area (Å²) in [6.07, 6.45) is 9.70. The number of aromatic nitrogens is 14. The molecule has 0 atom stereocenters. The zero-order valence-corrected chi connectivity index (χ0v) is 39.6. The molecule has 8 aromatic rings. The van der Waals surface area contributed by atoms with Gasteiger partial charge in [-0.1, -0.05) is 0 Å². The molecule has 2 saturated heterocycles. The minimum absolute atomic E-state index is 0.166. The minimum Gasteiger partial charge on any atom is -0.368 e. The second-order valence-corrected chi connectivity index (χ2v) is 17.6. The maximum absolute atomic E-state index is 15.8. The molecule has 10 rings (SSSR count). The smallest absolute Gasteiger partial charge is 0.212 e. The van der Waals surface area contributed by atoms with Crippen LogP contribution >= 0.6 is 0 Å². The highest BCUT2D eigenvalue weighted by Gasteiger charge is 2.42. The third-order valence-electron chi connectivity index (χ3n) is 13.0. The maximum atomic E-state index is 15.8. The van der Waals surface area contributed by atoms with Crippen LogP contribution in [0.15, 0.2) is 73.8 Å². The van der Waals surface area contributed by atoms with E-state index in [9.17, 15) is 19.3 Å². The molecule has 2 aliphatic heterocycles. The molecule has 0 aromatic carbocycles. The lowest BCUT2D eigenvalue weighted by Gasteiger charge is -2.38. The van der Waals surface area contributed by atoms with E-state index in [-0.39, 0.29) is 31.5 Å². The summed E-state index contributed by atoms with van der Waals surface area (Å²) in [6.45, 7) is 6.94. The van der Waals surface area contributed by atoms with E-state index in [4.69, 9.17) is 9.97 Å². The third-order valence-corrected chi connectivity index (χ3v) is 13.0. The minimum atomic E-state index is -1.63. The summed E-state index contributed by atoms with van der Waals surface area (Å²) in [4.78, 5) is 29.7. The maximum Gasteiger partial charge on any atom is 0.212 e. The largest absolute Gasteiger partial charge is 0.368 e. The van der Waals surface area contributed by atoms with Crippen LogP contribution in [0.3, 0.4) is 0 Å². The second-order valence-electron chi connectivity index (χ2n) is 17.6. The monoisotopic (exact) mass is 962 g/mol. The van der Waals surface area contributed by atoms with Crippen molar-refractivity contribution in [3.05, 3.63) is 126 Å². The van der Waals surface area contributed by atoms with E-state index in [0.717, 1.165) is 17.0 Å². The molecule has 8 aromatic heterocycles. The predicted octanol–water partition coefficient (Wildman–Crippen LogP) is 7.28. The quantitative estimate of drug-likeness (QED) is 0.108. The number of hydrogen-bond donors (Lipinski definition) is 0. The molecule has 71 heavy (non-hydrogen) atoms. The van der Waals surface area contributed by atoms with E-state index >= 15 is 8.78 Å². The first-order valence-electron chi connectivity index (χ1n) is 22.6. The summed E-state index contributed by atoms with van der Waals surface area (Å²) in [5.41, 5.74) is 4.94. The number of nitriles is 2. The van der Waals surface area contributed by atoms with E-state index < -0.39 is 23.2 Å². The van der Waals surface area contributed by atoms with Gasteiger partial charge in [0, 0.05) is 126 Å². The normalized spacial score (nSPS) is 15.2. The molecule has 18 nitrogen and oxygen atoms in total. The molecule has 0 amide bonds. The summed E-state index contributed by atoms with van der Waals surface area (Å²) >= 11 is 0. The molecule has 2 fully saturated rings. The van der Waals surface area contributed by atoms with E-state index in [2.05, 4.69) is 57.6 Å². The Hall–Kier alpha value is -8.53. The van der Waals surface area contributed by atoms with Crippen LogP contribution in [0, 0.1) is 55.3 Å². The predicted molar refractivity (Wildman–Crippen MR) is 252 cm³/mol. The van der Waals surface area contributed by atoms with Crippen molar-refractivity contribution in [2.24, 2.45) is 21.1 Å². The Morgan fingerprint density at radius 1 is 0.592 bits per heavy atom. The number of hydrogen-bond acceptors (Lipinski definition) is 15. The summed E-state index contributed by atoms with van der Waals surface area (Å²) in [5.74, 6) is -0.0441. The molecule has 0 unspecified atom stereocenters. The summed E-state index contributed by atoms with van der Waals surface area (Å²) in [5, 5.41) is 40.3. The van der Waals surface area contributed by atoms with E-state index in [1.165, 1.54) is 37.2 Å². The van der Waals surface area contributed by atoms with Crippen molar-refractivity contribution in [3.63, 3.8) is 0 Å². The fourth-order valence-electron chi connectivity index (χ4n) is 9.26. The van der Waals surface area contributed by atoms with Crippen LogP contribution < -0.4 is 9.80 Å². The van der Waals surface area contributed by atoms with Gasteiger partial charge in [-0.3, -0.25) is 4.68 Å². The zero-order valence-electron chi connectivity index (χ0n) is 39.6. The van der Waals surface area contributed by atoms with Gasteiger partial charge >= 0.3 is 0 Å². The molecule has 0 N–H and O–H groups in total. The lowest BCUT2D eigenvalue weighted by atomic mass is 9.91. The summed E-state index contributed by atoms with van der Waals surface area (Å²) < 4.78 is 63.8. The van der Waals surface area contributed by atoms with Gasteiger partial charge in [0.15, 0.2) is 23.0 Å². The van der Waals surface area contributed by atoms with E-state index in [1.807, 2.05) is 30.7 Å². The molecule has 0 spiro atoms. The fourth-order valence-corrected chi connectivity index (χ4v) is 9.26. The van der Waals surface area contributed by atoms with Gasteiger partial charge in [-0.2, -0.15) is 24.4 Å². The summed E-state index contributed by atoms with van der Waals surface area (Å²) in [6, 6.07) is 13.6. The molecule has 0 aliphatic carbocycles. The van der Waals surface area contributed by atoms with Crippen molar-refractivity contribution in [1.82, 2.24) is 69.2 Å². The number of piperidine rings is 2. The van der Waals surface area contributed by atoms with Crippen molar-refractivity contribution < 1.29 is 17.6 Å². The van der Waals surface area contributed by atoms with Gasteiger partial charge in [-0.05, 0) is 57.2 Å². The molecule has 0 saturated carbocycles. The van der Waals surface area contributed by atoms with Gasteiger partial charge in [0.05, 0.1) is 51.0 Å². The third kappa shape index (κ3) is 9.23. The highest BCUT2D eigenvalue weighted by atomic mass is 19.2. The lowest BCUT2D eigenvalue weighted by Crippen LogP contribution is -2.42. The van der Waals surface area contributed by atoms with Crippen LogP contribution in [0.25, 0.3) is 45.0 Å². The average molecular weight is 963 g/mol. The number of alkyl halides is 2. The fraction of sp³-hybridized carbons (Fsp3) is 0.327. The molecule has 0 bridgehead atoms. The first-order valence-corrected chi connectivity index (χ1v) is 22.6. The Bertz CT molecular complexity index is 3320. The van der Waals surface area contributed by atoms with Gasteiger partial charge in [-0.15, -0.1) is 20.4 Å². The SMILES string of the molecule is Cc1ncc(-c2cc(C#N)c(N3CCC(F)(c4nncn4C)CC3)c(-c3ccc(F)nc3)n2)cn1.Cc1nn(C)c(C)c1-c1cc(C#N)c(N2CCC(F)(c3nncn3C)CC2)c(-c2ccc(F)nc2)n1. The Labute approximate surface area is 405 Å². The van der Waals surface area contributed by atoms with Crippen molar-refractivity contribution >= 4 is 11.4 Å². The van der Waals surface area contributed by atoms with Crippen LogP contribution in [0.5, 0.6) is 0 Å². The topological polar surface area (TPSA) is 211 Å². The molecular weight excluding hydrogens is 917 g/mol. The van der Waals surface area contributed by atoms with Crippen LogP contribution in [0.2, 0.25) is 0 Å². The molecule has 0 radical (unpaired) electrons. The van der Waals surface area contributed by atoms with Crippen LogP contribution in [-0.4, -0.2) is 95.4 Å². The number of halogens is 4. The Kier molecular flexibility index (Phi) is 12.8. The van der Waals surface area contributed by atoms with E-state index in [1.54, 1.807) is 71.5 Å². The molecular formula is C49H46F4N18. The average Bonchev–Trinajstić information content (AvgIpc) is 4.09. The van der Waals surface area contributed by atoms with Gasteiger partial charge < -0.3 is 18.9 Å². The molecule has 10 heterocycles. The highest BCUT2D eigenvalue weighted by Crippen LogP contribution is 2.44. The van der Waals surface area contributed by atoms with Crippen molar-refractivity contribution in [1.29, 1.82) is 10.5 Å². The Morgan fingerprint density at radius 3 is 1.41 bits per heavy atom. The molecule has 22 heteroatoms. The second kappa shape index (κ2) is 19.1. The number of pyridine rings is 4. The van der Waals surface area contributed by atoms with Gasteiger partial charge in [0.2, 0.25) is 11.9 Å². The standard InChI is InChI=1S/C25H25F2N9.C24H21F2N9/c1-15-21(16(2)35(4)33-15)19-11-18(12-28)23(22(31-19)17-5-6-20(26)29-13-17)36-9-7-25(27,8-10-36)24-32-30-14-34(24)3;1-15-28-12-18(13-29-15)19-9-17(10-27)22(21(32-19)16-3-4-20(25)30-11-16)35-7-5-24(26,6-8-35)23-33-31-14-34(23)2/h5-6,11,13-14H,7-10H2,1-4H3;3-4,9,11-14H,5-8H2,1-2H3. The number of nitrogens with zero attached hydrogens (tertiary/aromatic N) is 18. The van der Waals surface area contributed by atoms with Crippen molar-refractivity contribution in [2.45, 2.75) is 57.8 Å². The van der Waals surface area contributed by atoms with Gasteiger partial charge in [0.25, 0.3) is 0 Å². The van der Waals surface area contributed by atoms with Crippen LogP contribution in [-0.2, 0) is 32.5 Å². The molecule has 360 valence electrons. The number of anilines is 2. The first kappa shape index (κ1) is 47.5. The Morgan fingerprint density at radius 2 is 1.03 bits per heavy atom. The highest BCUT2D eigenvalue weighted by molar-refractivity contribution is 5.84. The Balaban J connectivity index is 0.000000176. The van der Waals surface area contributed by atoms with Crippen LogP contribution in [0.4, 0.5) is 28.9 Å². The zero-order chi connectivity index (χ0) is 50.2. The lowest BCUT2D eigenvalue weighted by molar-refractivity contribution is 0.109. The van der Waals surface area contributed by atoms with Crippen molar-refractivity contribution in [3.8, 4) is 57.2 Å². The number of rotatable bonds is 8. The van der Waals surface area contributed by atoms with Crippen molar-refractivity contribution in [2.75, 3.05) is 36.0 Å². The van der Waals surface area contributed by atoms with Gasteiger partial charge in [0.1, 0.15) is 30.6 Å². The first-order chi connectivity index (χ1) is 34.1. The van der Waals surface area contributed by atoms with Gasteiger partial charge in [-0.25, -0.2) is 38.7 Å². The van der Waals surface area contributed by atoms with E-state index in [0.29, 0.717) is 99.8 Å². The van der Waals surface area contributed by atoms with Crippen LogP contribution in [0.1, 0.15) is 65.7 Å². The summed E-state index contributed by atoms with van der Waals surface area (Å²) in [7, 11) is 5.29. The number of aryl methyl sites for hydroxylation is 5. The molecule has 2 aliphatic rings.